The zero-order chi connectivity index (χ0) is 13.9. The smallest absolute Gasteiger partial charge is 0.130 e. The van der Waals surface area contributed by atoms with Crippen LogP contribution < -0.4 is 10.1 Å². The average Bonchev–Trinajstić information content (AvgIpc) is 3.20. The lowest BCUT2D eigenvalue weighted by atomic mass is 10.2. The Kier molecular flexibility index (Phi) is 3.70. The van der Waals surface area contributed by atoms with Crippen molar-refractivity contribution >= 4 is 0 Å². The van der Waals surface area contributed by atoms with E-state index in [1.807, 2.05) is 37.3 Å². The van der Waals surface area contributed by atoms with Gasteiger partial charge in [0.15, 0.2) is 0 Å². The summed E-state index contributed by atoms with van der Waals surface area (Å²) in [5.74, 6) is 1.02. The number of nitrogens with one attached hydrogen (secondary N) is 1. The van der Waals surface area contributed by atoms with Crippen LogP contribution in [0.4, 0.5) is 4.39 Å². The van der Waals surface area contributed by atoms with Crippen molar-refractivity contribution in [1.82, 2.24) is 5.32 Å². The number of hydrogen-bond donors (Lipinski definition) is 1. The monoisotopic (exact) mass is 271 g/mol. The first-order valence-corrected chi connectivity index (χ1v) is 6.96. The highest BCUT2D eigenvalue weighted by atomic mass is 19.1. The SMILES string of the molecule is Cc1cccc(Oc2cc(F)cc(CNC3CC3)c2)c1. The topological polar surface area (TPSA) is 21.3 Å². The first kappa shape index (κ1) is 13.1. The van der Waals surface area contributed by atoms with Crippen molar-refractivity contribution in [2.75, 3.05) is 0 Å². The van der Waals surface area contributed by atoms with Gasteiger partial charge < -0.3 is 10.1 Å². The van der Waals surface area contributed by atoms with Crippen LogP contribution in [-0.2, 0) is 6.54 Å². The quantitative estimate of drug-likeness (QED) is 0.881. The van der Waals surface area contributed by atoms with Gasteiger partial charge in [0.2, 0.25) is 0 Å². The van der Waals surface area contributed by atoms with E-state index in [1.165, 1.54) is 18.9 Å². The van der Waals surface area contributed by atoms with Gasteiger partial charge in [0.1, 0.15) is 17.3 Å². The summed E-state index contributed by atoms with van der Waals surface area (Å²) in [4.78, 5) is 0. The minimum atomic E-state index is -0.261. The zero-order valence-electron chi connectivity index (χ0n) is 11.5. The van der Waals surface area contributed by atoms with Crippen LogP contribution in [0.25, 0.3) is 0 Å². The van der Waals surface area contributed by atoms with Gasteiger partial charge in [0.25, 0.3) is 0 Å². The lowest BCUT2D eigenvalue weighted by molar-refractivity contribution is 0.474. The van der Waals surface area contributed by atoms with Crippen molar-refractivity contribution in [3.8, 4) is 11.5 Å². The van der Waals surface area contributed by atoms with E-state index in [9.17, 15) is 4.39 Å². The number of ether oxygens (including phenoxy) is 1. The first-order valence-electron chi connectivity index (χ1n) is 6.96. The van der Waals surface area contributed by atoms with Gasteiger partial charge in [-0.3, -0.25) is 0 Å². The summed E-state index contributed by atoms with van der Waals surface area (Å²) in [6.45, 7) is 2.69. The number of rotatable bonds is 5. The van der Waals surface area contributed by atoms with Crippen LogP contribution in [0.5, 0.6) is 11.5 Å². The van der Waals surface area contributed by atoms with Crippen LogP contribution in [0.3, 0.4) is 0 Å². The highest BCUT2D eigenvalue weighted by Crippen LogP contribution is 2.25. The molecule has 1 aliphatic rings. The van der Waals surface area contributed by atoms with Gasteiger partial charge in [0.05, 0.1) is 0 Å². The van der Waals surface area contributed by atoms with Crippen molar-refractivity contribution in [2.45, 2.75) is 32.4 Å². The van der Waals surface area contributed by atoms with Crippen LogP contribution in [0.1, 0.15) is 24.0 Å². The summed E-state index contributed by atoms with van der Waals surface area (Å²) in [6, 6.07) is 13.2. The molecule has 104 valence electrons. The Bertz CT molecular complexity index is 608. The Morgan fingerprint density at radius 3 is 2.75 bits per heavy atom. The number of aryl methyl sites for hydroxylation is 1. The summed E-state index contributed by atoms with van der Waals surface area (Å²) in [6.07, 6.45) is 2.45. The van der Waals surface area contributed by atoms with Gasteiger partial charge in [-0.15, -0.1) is 0 Å². The number of hydrogen-bond acceptors (Lipinski definition) is 2. The van der Waals surface area contributed by atoms with Crippen LogP contribution in [0.15, 0.2) is 42.5 Å². The molecule has 0 bridgehead atoms. The molecule has 0 saturated heterocycles. The van der Waals surface area contributed by atoms with Gasteiger partial charge in [-0.25, -0.2) is 4.39 Å². The van der Waals surface area contributed by atoms with Gasteiger partial charge in [-0.05, 0) is 55.2 Å². The minimum Gasteiger partial charge on any atom is -0.457 e. The largest absolute Gasteiger partial charge is 0.457 e. The van der Waals surface area contributed by atoms with E-state index in [0.717, 1.165) is 16.9 Å². The van der Waals surface area contributed by atoms with E-state index in [-0.39, 0.29) is 5.82 Å². The van der Waals surface area contributed by atoms with Crippen LogP contribution >= 0.6 is 0 Å². The fourth-order valence-corrected chi connectivity index (χ4v) is 2.15. The molecule has 2 aromatic carbocycles. The molecule has 1 N–H and O–H groups in total. The second-order valence-corrected chi connectivity index (χ2v) is 5.37. The van der Waals surface area contributed by atoms with E-state index in [2.05, 4.69) is 5.32 Å². The molecule has 0 radical (unpaired) electrons. The fraction of sp³-hybridized carbons (Fsp3) is 0.294. The molecule has 2 nitrogen and oxygen atoms in total. The molecule has 0 atom stereocenters. The molecule has 1 saturated carbocycles. The molecule has 1 aliphatic carbocycles. The van der Waals surface area contributed by atoms with E-state index in [0.29, 0.717) is 18.3 Å². The third-order valence-corrected chi connectivity index (χ3v) is 3.33. The second-order valence-electron chi connectivity index (χ2n) is 5.37. The molecule has 0 unspecified atom stereocenters. The normalized spacial score (nSPS) is 14.3. The van der Waals surface area contributed by atoms with E-state index < -0.39 is 0 Å². The maximum Gasteiger partial charge on any atom is 0.130 e. The molecular weight excluding hydrogens is 253 g/mol. The number of halogens is 1. The van der Waals surface area contributed by atoms with E-state index in [4.69, 9.17) is 4.74 Å². The number of benzene rings is 2. The molecule has 0 heterocycles. The highest BCUT2D eigenvalue weighted by Gasteiger charge is 2.20. The van der Waals surface area contributed by atoms with Gasteiger partial charge in [-0.2, -0.15) is 0 Å². The molecule has 2 aromatic rings. The summed E-state index contributed by atoms with van der Waals surface area (Å²) in [7, 11) is 0. The van der Waals surface area contributed by atoms with Crippen LogP contribution in [0.2, 0.25) is 0 Å². The lowest BCUT2D eigenvalue weighted by Gasteiger charge is -2.09. The van der Waals surface area contributed by atoms with Crippen LogP contribution in [-0.4, -0.2) is 6.04 Å². The minimum absolute atomic E-state index is 0.261. The van der Waals surface area contributed by atoms with Gasteiger partial charge in [0, 0.05) is 18.7 Å². The molecular formula is C17H18FNO. The summed E-state index contributed by atoms with van der Waals surface area (Å²) >= 11 is 0. The summed E-state index contributed by atoms with van der Waals surface area (Å²) < 4.78 is 19.4. The maximum absolute atomic E-state index is 13.6. The predicted molar refractivity (Wildman–Crippen MR) is 77.5 cm³/mol. The Morgan fingerprint density at radius 2 is 2.00 bits per heavy atom. The average molecular weight is 271 g/mol. The van der Waals surface area contributed by atoms with Crippen molar-refractivity contribution in [1.29, 1.82) is 0 Å². The standard InChI is InChI=1S/C17H18FNO/c1-12-3-2-4-16(7-12)20-17-9-13(8-14(18)10-17)11-19-15-5-6-15/h2-4,7-10,15,19H,5-6,11H2,1H3. The summed E-state index contributed by atoms with van der Waals surface area (Å²) in [5, 5.41) is 3.38. The van der Waals surface area contributed by atoms with Crippen LogP contribution in [0, 0.1) is 12.7 Å². The van der Waals surface area contributed by atoms with Gasteiger partial charge >= 0.3 is 0 Å². The van der Waals surface area contributed by atoms with E-state index >= 15 is 0 Å². The molecule has 3 rings (SSSR count). The lowest BCUT2D eigenvalue weighted by Crippen LogP contribution is -2.15. The predicted octanol–water partition coefficient (Wildman–Crippen LogP) is 4.18. The molecule has 1 fully saturated rings. The zero-order valence-corrected chi connectivity index (χ0v) is 11.5. The van der Waals surface area contributed by atoms with Crippen molar-refractivity contribution in [3.05, 3.63) is 59.4 Å². The third kappa shape index (κ3) is 3.58. The third-order valence-electron chi connectivity index (χ3n) is 3.33. The molecule has 0 amide bonds. The molecule has 20 heavy (non-hydrogen) atoms. The second kappa shape index (κ2) is 5.63. The molecule has 3 heteroatoms. The van der Waals surface area contributed by atoms with Crippen molar-refractivity contribution in [2.24, 2.45) is 0 Å². The Labute approximate surface area is 118 Å². The van der Waals surface area contributed by atoms with Crippen molar-refractivity contribution < 1.29 is 9.13 Å². The molecule has 0 aromatic heterocycles. The highest BCUT2D eigenvalue weighted by molar-refractivity contribution is 5.36. The molecule has 0 spiro atoms. The first-order chi connectivity index (χ1) is 9.69. The fourth-order valence-electron chi connectivity index (χ4n) is 2.15. The Morgan fingerprint density at radius 1 is 1.15 bits per heavy atom. The maximum atomic E-state index is 13.6. The Balaban J connectivity index is 1.74. The molecule has 0 aliphatic heterocycles. The van der Waals surface area contributed by atoms with Gasteiger partial charge in [-0.1, -0.05) is 12.1 Å². The van der Waals surface area contributed by atoms with Crippen molar-refractivity contribution in [3.63, 3.8) is 0 Å². The Hall–Kier alpha value is -1.87. The summed E-state index contributed by atoms with van der Waals surface area (Å²) in [5.41, 5.74) is 2.04. The van der Waals surface area contributed by atoms with E-state index in [1.54, 1.807) is 6.07 Å².